The van der Waals surface area contributed by atoms with Crippen molar-refractivity contribution in [1.82, 2.24) is 71.9 Å². The summed E-state index contributed by atoms with van der Waals surface area (Å²) in [6.07, 6.45) is 16.9. The van der Waals surface area contributed by atoms with Crippen molar-refractivity contribution in [3.05, 3.63) is 134 Å². The van der Waals surface area contributed by atoms with Gasteiger partial charge in [0, 0.05) is 75.2 Å². The number of alkyl halides is 1. The molecule has 0 aliphatic heterocycles. The SMILES string of the molecule is CC(C)c1oncc1CCl.CC(C)c1oncc1Cn1c(=O)c2c(ncn2CC2CC2)n(C)c1=O.CC(C)c1oncc1Cn1c(=O)c2c(ncn2CC2CC2)n(C)c1=O.Cn1c(=O)[nH]c(=O)c2c1ncn2CC1CC1. The van der Waals surface area contributed by atoms with Crippen LogP contribution in [0, 0.1) is 17.8 Å². The largest absolute Gasteiger partial charge is 0.361 e. The Labute approximate surface area is 438 Å². The van der Waals surface area contributed by atoms with Gasteiger partial charge in [-0.15, -0.1) is 11.6 Å². The zero-order valence-corrected chi connectivity index (χ0v) is 45.0. The van der Waals surface area contributed by atoms with Crippen molar-refractivity contribution in [2.45, 2.75) is 136 Å². The summed E-state index contributed by atoms with van der Waals surface area (Å²) in [5.74, 6) is 5.27. The molecule has 0 radical (unpaired) electrons. The van der Waals surface area contributed by atoms with Gasteiger partial charge in [-0.2, -0.15) is 0 Å². The fourth-order valence-corrected chi connectivity index (χ4v) is 9.37. The number of H-pyrrole nitrogens is 1. The Hall–Kier alpha value is -7.63. The van der Waals surface area contributed by atoms with Crippen LogP contribution in [-0.2, 0) is 59.7 Å². The van der Waals surface area contributed by atoms with E-state index in [4.69, 9.17) is 25.2 Å². The second-order valence-corrected chi connectivity index (χ2v) is 21.3. The maximum absolute atomic E-state index is 13.0. The zero-order chi connectivity index (χ0) is 54.3. The van der Waals surface area contributed by atoms with E-state index in [1.807, 2.05) is 41.4 Å². The molecule has 9 aromatic rings. The van der Waals surface area contributed by atoms with Gasteiger partial charge in [-0.05, 0) is 56.3 Å². The molecule has 24 nitrogen and oxygen atoms in total. The molecule has 9 heterocycles. The molecule has 1 N–H and O–H groups in total. The van der Waals surface area contributed by atoms with E-state index in [1.54, 1.807) is 58.7 Å². The van der Waals surface area contributed by atoms with Gasteiger partial charge in [-0.3, -0.25) is 42.2 Å². The number of aryl methyl sites for hydroxylation is 3. The molecule has 0 saturated heterocycles. The van der Waals surface area contributed by atoms with Crippen LogP contribution in [0.3, 0.4) is 0 Å². The lowest BCUT2D eigenvalue weighted by Gasteiger charge is -2.10. The van der Waals surface area contributed by atoms with E-state index in [-0.39, 0.29) is 53.0 Å². The normalized spacial score (nSPS) is 14.4. The molecule has 9 aromatic heterocycles. The lowest BCUT2D eigenvalue weighted by Crippen LogP contribution is -2.40. The van der Waals surface area contributed by atoms with Crippen LogP contribution in [0.1, 0.15) is 132 Å². The first-order chi connectivity index (χ1) is 36.4. The molecule has 0 bridgehead atoms. The Morgan fingerprint density at radius 3 is 1.21 bits per heavy atom. The molecule has 0 unspecified atom stereocenters. The van der Waals surface area contributed by atoms with Gasteiger partial charge in [-0.1, -0.05) is 57.0 Å². The third-order valence-electron chi connectivity index (χ3n) is 13.9. The van der Waals surface area contributed by atoms with Gasteiger partial charge in [-0.25, -0.2) is 29.3 Å². The molecule has 3 aliphatic carbocycles. The van der Waals surface area contributed by atoms with Gasteiger partial charge in [0.15, 0.2) is 33.5 Å². The van der Waals surface area contributed by atoms with Crippen molar-refractivity contribution < 1.29 is 13.6 Å². The smallest absolute Gasteiger partial charge is 0.332 e. The number of rotatable bonds is 14. The summed E-state index contributed by atoms with van der Waals surface area (Å²) < 4.78 is 27.8. The van der Waals surface area contributed by atoms with E-state index < -0.39 is 5.69 Å². The molecule has 76 heavy (non-hydrogen) atoms. The predicted octanol–water partition coefficient (Wildman–Crippen LogP) is 5.30. The number of fused-ring (bicyclic) bond motifs is 3. The summed E-state index contributed by atoms with van der Waals surface area (Å²) in [6.45, 7) is 14.7. The minimum absolute atomic E-state index is 0.126. The number of halogens is 1. The van der Waals surface area contributed by atoms with Crippen LogP contribution in [0.2, 0.25) is 0 Å². The van der Waals surface area contributed by atoms with Crippen LogP contribution in [0.4, 0.5) is 0 Å². The summed E-state index contributed by atoms with van der Waals surface area (Å²) in [6, 6.07) is 0. The van der Waals surface area contributed by atoms with E-state index in [2.05, 4.69) is 49.3 Å². The Kier molecular flexibility index (Phi) is 15.3. The van der Waals surface area contributed by atoms with Crippen LogP contribution in [0.5, 0.6) is 0 Å². The van der Waals surface area contributed by atoms with Crippen molar-refractivity contribution >= 4 is 45.1 Å². The quantitative estimate of drug-likeness (QED) is 0.135. The fourth-order valence-electron chi connectivity index (χ4n) is 9.17. The molecule has 0 aromatic carbocycles. The van der Waals surface area contributed by atoms with Gasteiger partial charge in [0.1, 0.15) is 17.3 Å². The molecule has 3 saturated carbocycles. The number of imidazole rings is 3. The van der Waals surface area contributed by atoms with Crippen molar-refractivity contribution in [2.24, 2.45) is 38.9 Å². The molecule has 404 valence electrons. The summed E-state index contributed by atoms with van der Waals surface area (Å²) in [5.41, 5.74) is 3.11. The van der Waals surface area contributed by atoms with Crippen LogP contribution in [-0.4, -0.2) is 71.9 Å². The van der Waals surface area contributed by atoms with Crippen molar-refractivity contribution in [3.8, 4) is 0 Å². The summed E-state index contributed by atoms with van der Waals surface area (Å²) in [5, 5.41) is 11.3. The molecule has 0 atom stereocenters. The number of aromatic amines is 1. The van der Waals surface area contributed by atoms with Crippen molar-refractivity contribution in [1.29, 1.82) is 0 Å². The molecule has 3 fully saturated rings. The molecule has 3 aliphatic rings. The van der Waals surface area contributed by atoms with Gasteiger partial charge in [0.25, 0.3) is 16.7 Å². The Morgan fingerprint density at radius 2 is 0.868 bits per heavy atom. The number of nitrogens with zero attached hydrogens (tertiary/aromatic N) is 14. The van der Waals surface area contributed by atoms with Crippen LogP contribution >= 0.6 is 11.6 Å². The molecule has 12 rings (SSSR count). The van der Waals surface area contributed by atoms with Gasteiger partial charge in [0.05, 0.1) is 56.5 Å². The molecule has 0 spiro atoms. The first-order valence-electron chi connectivity index (χ1n) is 25.7. The Bertz CT molecular complexity index is 3740. The monoisotopic (exact) mass is 1070 g/mol. The van der Waals surface area contributed by atoms with E-state index in [1.165, 1.54) is 61.4 Å². The zero-order valence-electron chi connectivity index (χ0n) is 44.2. The lowest BCUT2D eigenvalue weighted by molar-refractivity contribution is 0.368. The maximum Gasteiger partial charge on any atom is 0.332 e. The number of nitrogens with one attached hydrogen (secondary N) is 1. The Balaban J connectivity index is 0.000000130. The highest BCUT2D eigenvalue weighted by Gasteiger charge is 2.28. The molecule has 0 amide bonds. The van der Waals surface area contributed by atoms with Crippen molar-refractivity contribution in [2.75, 3.05) is 0 Å². The van der Waals surface area contributed by atoms with Crippen molar-refractivity contribution in [3.63, 3.8) is 0 Å². The minimum Gasteiger partial charge on any atom is -0.361 e. The fraction of sp³-hybridized carbons (Fsp3) is 0.529. The summed E-state index contributed by atoms with van der Waals surface area (Å²) in [7, 11) is 4.90. The first-order valence-corrected chi connectivity index (χ1v) is 26.2. The summed E-state index contributed by atoms with van der Waals surface area (Å²) in [4.78, 5) is 89.5. The van der Waals surface area contributed by atoms with Gasteiger partial charge >= 0.3 is 17.1 Å². The number of hydrogen-bond acceptors (Lipinski definition) is 15. The average Bonchev–Trinajstić information content (AvgIpc) is 4.26. The third kappa shape index (κ3) is 11.0. The highest BCUT2D eigenvalue weighted by Crippen LogP contribution is 2.33. The second-order valence-electron chi connectivity index (χ2n) is 21.1. The average molecular weight is 1070 g/mol. The van der Waals surface area contributed by atoms with Crippen LogP contribution in [0.25, 0.3) is 33.5 Å². The van der Waals surface area contributed by atoms with E-state index >= 15 is 0 Å². The maximum atomic E-state index is 13.0. The molecule has 25 heteroatoms. The molecular weight excluding hydrogens is 1000 g/mol. The van der Waals surface area contributed by atoms with E-state index in [0.29, 0.717) is 74.6 Å². The Morgan fingerprint density at radius 1 is 0.526 bits per heavy atom. The van der Waals surface area contributed by atoms with Crippen LogP contribution < -0.4 is 33.7 Å². The third-order valence-corrected chi connectivity index (χ3v) is 14.2. The van der Waals surface area contributed by atoms with Gasteiger partial charge < -0.3 is 27.3 Å². The van der Waals surface area contributed by atoms with Crippen LogP contribution in [0.15, 0.2) is 79.9 Å². The minimum atomic E-state index is -0.422. The highest BCUT2D eigenvalue weighted by atomic mass is 35.5. The first kappa shape index (κ1) is 53.2. The lowest BCUT2D eigenvalue weighted by atomic mass is 10.1. The number of hydrogen-bond donors (Lipinski definition) is 1. The van der Waals surface area contributed by atoms with E-state index in [9.17, 15) is 28.8 Å². The molecular formula is C51H64ClN15O9. The summed E-state index contributed by atoms with van der Waals surface area (Å²) >= 11 is 5.62. The topological polar surface area (TPSA) is 274 Å². The van der Waals surface area contributed by atoms with E-state index in [0.717, 1.165) is 42.1 Å². The second kappa shape index (κ2) is 21.9. The number of aromatic nitrogens is 15. The highest BCUT2D eigenvalue weighted by molar-refractivity contribution is 6.17. The van der Waals surface area contributed by atoms with Gasteiger partial charge in [0.2, 0.25) is 0 Å². The standard InChI is InChI=1S/2C17H21N5O3.C10H12N4O2.C7H10ClNO/c2*1-10(2)14-12(6-19-25-14)8-22-16(23)13-15(20(3)17(22)24)18-9-21(13)7-11-4-5-11;1-13-8-7(9(15)12-10(13)16)14(5-11-8)4-6-2-3-6;1-5(2)7-6(3-8)4-9-10-7/h2*6,9-11H,4-5,7-8H2,1-3H3;5-6H,2-4H2,1H3,(H,12,15,16);4-5H,3H2,1-2H3. The predicted molar refractivity (Wildman–Crippen MR) is 282 cm³/mol.